The molecule has 0 saturated carbocycles. The lowest BCUT2D eigenvalue weighted by Gasteiger charge is -2.23. The molecule has 94 valence electrons. The van der Waals surface area contributed by atoms with Gasteiger partial charge in [0.25, 0.3) is 0 Å². The van der Waals surface area contributed by atoms with Crippen LogP contribution in [0.4, 0.5) is 0 Å². The molecule has 0 aliphatic carbocycles. The molecule has 0 radical (unpaired) electrons. The number of thioether (sulfide) groups is 1. The normalized spacial score (nSPS) is 17.2. The molecule has 0 spiro atoms. The van der Waals surface area contributed by atoms with E-state index in [0.717, 1.165) is 18.2 Å². The van der Waals surface area contributed by atoms with Gasteiger partial charge in [-0.1, -0.05) is 11.6 Å². The van der Waals surface area contributed by atoms with Crippen LogP contribution in [0.3, 0.4) is 0 Å². The van der Waals surface area contributed by atoms with Crippen molar-refractivity contribution in [2.24, 2.45) is 0 Å². The molecule has 0 unspecified atom stereocenters. The maximum Gasteiger partial charge on any atom is 0.101 e. The van der Waals surface area contributed by atoms with Gasteiger partial charge in [-0.25, -0.2) is 0 Å². The van der Waals surface area contributed by atoms with Crippen molar-refractivity contribution in [1.82, 2.24) is 0 Å². The zero-order chi connectivity index (χ0) is 11.9. The SMILES string of the molecule is Clc1ccc(SCCC[NH+]2CCOCC2)cc1. The number of rotatable bonds is 5. The molecule has 0 atom stereocenters. The van der Waals surface area contributed by atoms with Crippen LogP contribution < -0.4 is 4.90 Å². The highest BCUT2D eigenvalue weighted by molar-refractivity contribution is 7.99. The Bertz CT molecular complexity index is 325. The minimum Gasteiger partial charge on any atom is -0.370 e. The second-order valence-electron chi connectivity index (χ2n) is 4.27. The molecule has 1 saturated heterocycles. The molecule has 1 fully saturated rings. The zero-order valence-electron chi connectivity index (χ0n) is 9.95. The summed E-state index contributed by atoms with van der Waals surface area (Å²) in [5, 5.41) is 0.812. The first-order valence-electron chi connectivity index (χ1n) is 6.14. The largest absolute Gasteiger partial charge is 0.370 e. The number of hydrogen-bond acceptors (Lipinski definition) is 2. The van der Waals surface area contributed by atoms with E-state index in [4.69, 9.17) is 16.3 Å². The Morgan fingerprint density at radius 3 is 2.59 bits per heavy atom. The van der Waals surface area contributed by atoms with Crippen molar-refractivity contribution >= 4 is 23.4 Å². The summed E-state index contributed by atoms with van der Waals surface area (Å²) < 4.78 is 5.35. The van der Waals surface area contributed by atoms with Gasteiger partial charge in [0.2, 0.25) is 0 Å². The number of nitrogens with one attached hydrogen (secondary N) is 1. The number of ether oxygens (including phenoxy) is 1. The van der Waals surface area contributed by atoms with Crippen molar-refractivity contribution < 1.29 is 9.64 Å². The molecular weight excluding hydrogens is 254 g/mol. The fourth-order valence-corrected chi connectivity index (χ4v) is 2.93. The standard InChI is InChI=1S/C13H18ClNOS/c14-12-2-4-13(5-3-12)17-11-1-6-15-7-9-16-10-8-15/h2-5H,1,6-11H2/p+1. The van der Waals surface area contributed by atoms with Gasteiger partial charge in [-0.15, -0.1) is 11.8 Å². The van der Waals surface area contributed by atoms with E-state index in [1.165, 1.54) is 36.7 Å². The number of hydrogen-bond donors (Lipinski definition) is 1. The summed E-state index contributed by atoms with van der Waals surface area (Å²) in [6, 6.07) is 8.09. The highest BCUT2D eigenvalue weighted by atomic mass is 35.5. The van der Waals surface area contributed by atoms with E-state index in [2.05, 4.69) is 12.1 Å². The van der Waals surface area contributed by atoms with E-state index >= 15 is 0 Å². The summed E-state index contributed by atoms with van der Waals surface area (Å²) in [5.41, 5.74) is 0. The quantitative estimate of drug-likeness (QED) is 0.648. The molecule has 0 aromatic heterocycles. The highest BCUT2D eigenvalue weighted by Gasteiger charge is 2.12. The van der Waals surface area contributed by atoms with Crippen LogP contribution in [0, 0.1) is 0 Å². The monoisotopic (exact) mass is 272 g/mol. The van der Waals surface area contributed by atoms with Gasteiger partial charge >= 0.3 is 0 Å². The Labute approximate surface area is 112 Å². The van der Waals surface area contributed by atoms with Crippen molar-refractivity contribution in [2.45, 2.75) is 11.3 Å². The Morgan fingerprint density at radius 2 is 1.88 bits per heavy atom. The van der Waals surface area contributed by atoms with E-state index in [0.29, 0.717) is 0 Å². The molecule has 1 N–H and O–H groups in total. The predicted octanol–water partition coefficient (Wildman–Crippen LogP) is 1.74. The fourth-order valence-electron chi connectivity index (χ4n) is 1.95. The Morgan fingerprint density at radius 1 is 1.18 bits per heavy atom. The molecule has 4 heteroatoms. The van der Waals surface area contributed by atoms with Gasteiger partial charge in [0.15, 0.2) is 0 Å². The molecule has 1 heterocycles. The summed E-state index contributed by atoms with van der Waals surface area (Å²) >= 11 is 7.76. The summed E-state index contributed by atoms with van der Waals surface area (Å²) in [4.78, 5) is 3.00. The minimum atomic E-state index is 0.812. The first kappa shape index (κ1) is 13.2. The lowest BCUT2D eigenvalue weighted by Crippen LogP contribution is -3.14. The molecule has 1 aromatic carbocycles. The van der Waals surface area contributed by atoms with Gasteiger partial charge in [-0.3, -0.25) is 0 Å². The van der Waals surface area contributed by atoms with Gasteiger partial charge in [0.1, 0.15) is 13.1 Å². The number of halogens is 1. The van der Waals surface area contributed by atoms with Crippen LogP contribution in [0.5, 0.6) is 0 Å². The summed E-state index contributed by atoms with van der Waals surface area (Å²) in [5.74, 6) is 1.19. The van der Waals surface area contributed by atoms with Gasteiger partial charge in [0.05, 0.1) is 19.8 Å². The van der Waals surface area contributed by atoms with Crippen molar-refractivity contribution in [2.75, 3.05) is 38.6 Å². The maximum atomic E-state index is 5.85. The molecule has 17 heavy (non-hydrogen) atoms. The number of morpholine rings is 1. The average molecular weight is 273 g/mol. The Kier molecular flexibility index (Phi) is 5.65. The summed E-state index contributed by atoms with van der Waals surface area (Å²) in [7, 11) is 0. The molecule has 2 rings (SSSR count). The Balaban J connectivity index is 1.60. The fraction of sp³-hybridized carbons (Fsp3) is 0.538. The highest BCUT2D eigenvalue weighted by Crippen LogP contribution is 2.20. The lowest BCUT2D eigenvalue weighted by molar-refractivity contribution is -0.908. The second-order valence-corrected chi connectivity index (χ2v) is 5.87. The van der Waals surface area contributed by atoms with Gasteiger partial charge in [0, 0.05) is 22.1 Å². The van der Waals surface area contributed by atoms with Crippen LogP contribution in [0.1, 0.15) is 6.42 Å². The number of quaternary nitrogens is 1. The van der Waals surface area contributed by atoms with Crippen LogP contribution >= 0.6 is 23.4 Å². The van der Waals surface area contributed by atoms with Gasteiger partial charge in [-0.2, -0.15) is 0 Å². The van der Waals surface area contributed by atoms with E-state index < -0.39 is 0 Å². The van der Waals surface area contributed by atoms with E-state index in [1.807, 2.05) is 23.9 Å². The van der Waals surface area contributed by atoms with Crippen molar-refractivity contribution in [3.8, 4) is 0 Å². The minimum absolute atomic E-state index is 0.812. The Hall–Kier alpha value is -0.220. The molecule has 0 amide bonds. The maximum absolute atomic E-state index is 5.85. The first-order chi connectivity index (χ1) is 8.34. The van der Waals surface area contributed by atoms with Crippen LogP contribution in [0.15, 0.2) is 29.2 Å². The predicted molar refractivity (Wildman–Crippen MR) is 73.2 cm³/mol. The van der Waals surface area contributed by atoms with Crippen LogP contribution in [0.25, 0.3) is 0 Å². The van der Waals surface area contributed by atoms with E-state index in [1.54, 1.807) is 4.90 Å². The van der Waals surface area contributed by atoms with Gasteiger partial charge < -0.3 is 9.64 Å². The molecule has 1 aliphatic heterocycles. The molecule has 1 aromatic rings. The molecule has 1 aliphatic rings. The average Bonchev–Trinajstić information content (AvgIpc) is 2.38. The topological polar surface area (TPSA) is 13.7 Å². The molecular formula is C13H19ClNOS+. The van der Waals surface area contributed by atoms with Gasteiger partial charge in [-0.05, 0) is 24.3 Å². The third-order valence-electron chi connectivity index (χ3n) is 2.96. The van der Waals surface area contributed by atoms with Crippen molar-refractivity contribution in [3.63, 3.8) is 0 Å². The first-order valence-corrected chi connectivity index (χ1v) is 7.50. The van der Waals surface area contributed by atoms with E-state index in [-0.39, 0.29) is 0 Å². The second kappa shape index (κ2) is 7.27. The van der Waals surface area contributed by atoms with Crippen LogP contribution in [0.2, 0.25) is 5.02 Å². The summed E-state index contributed by atoms with van der Waals surface area (Å²) in [6.07, 6.45) is 1.27. The third-order valence-corrected chi connectivity index (χ3v) is 4.31. The smallest absolute Gasteiger partial charge is 0.101 e. The summed E-state index contributed by atoms with van der Waals surface area (Å²) in [6.45, 7) is 5.47. The zero-order valence-corrected chi connectivity index (χ0v) is 11.5. The third kappa shape index (κ3) is 4.88. The van der Waals surface area contributed by atoms with Crippen LogP contribution in [-0.4, -0.2) is 38.6 Å². The van der Waals surface area contributed by atoms with E-state index in [9.17, 15) is 0 Å². The van der Waals surface area contributed by atoms with Crippen molar-refractivity contribution in [1.29, 1.82) is 0 Å². The molecule has 2 nitrogen and oxygen atoms in total. The number of benzene rings is 1. The lowest BCUT2D eigenvalue weighted by atomic mass is 10.3. The van der Waals surface area contributed by atoms with Crippen LogP contribution in [-0.2, 0) is 4.74 Å². The molecule has 0 bridgehead atoms. The van der Waals surface area contributed by atoms with Crippen molar-refractivity contribution in [3.05, 3.63) is 29.3 Å².